The van der Waals surface area contributed by atoms with Crippen LogP contribution in [0.3, 0.4) is 0 Å². The summed E-state index contributed by atoms with van der Waals surface area (Å²) in [7, 11) is 1.70. The van der Waals surface area contributed by atoms with Crippen molar-refractivity contribution in [2.75, 3.05) is 20.2 Å². The van der Waals surface area contributed by atoms with Crippen molar-refractivity contribution in [2.24, 2.45) is 0 Å². The first-order valence-corrected chi connectivity index (χ1v) is 5.95. The number of nitrogens with one attached hydrogen (secondary N) is 2. The Hall–Kier alpha value is -0.480. The predicted molar refractivity (Wildman–Crippen MR) is 80.2 cm³/mol. The van der Waals surface area contributed by atoms with Crippen molar-refractivity contribution in [1.82, 2.24) is 10.6 Å². The fraction of sp³-hybridized carbons (Fsp3) is 0.538. The number of benzene rings is 1. The highest BCUT2D eigenvalue weighted by molar-refractivity contribution is 5.85. The molecule has 2 N–H and O–H groups in total. The molecule has 1 saturated heterocycles. The molecule has 3 nitrogen and oxygen atoms in total. The van der Waals surface area contributed by atoms with E-state index in [0.29, 0.717) is 6.04 Å². The molecule has 2 rings (SSSR count). The Labute approximate surface area is 121 Å². The smallest absolute Gasteiger partial charge is 0.118 e. The number of methoxy groups -OCH3 is 1. The van der Waals surface area contributed by atoms with Crippen LogP contribution in [0.25, 0.3) is 0 Å². The van der Waals surface area contributed by atoms with Crippen molar-refractivity contribution in [1.29, 1.82) is 0 Å². The van der Waals surface area contributed by atoms with Gasteiger partial charge >= 0.3 is 0 Å². The van der Waals surface area contributed by atoms with Crippen LogP contribution in [0, 0.1) is 0 Å². The Bertz CT molecular complexity index is 313. The van der Waals surface area contributed by atoms with Gasteiger partial charge in [0.25, 0.3) is 0 Å². The van der Waals surface area contributed by atoms with Crippen LogP contribution in [0.1, 0.15) is 18.4 Å². The summed E-state index contributed by atoms with van der Waals surface area (Å²) in [5.74, 6) is 0.922. The number of ether oxygens (including phenoxy) is 1. The van der Waals surface area contributed by atoms with Crippen molar-refractivity contribution >= 4 is 24.8 Å². The van der Waals surface area contributed by atoms with Gasteiger partial charge < -0.3 is 15.4 Å². The van der Waals surface area contributed by atoms with Gasteiger partial charge in [0.1, 0.15) is 5.75 Å². The zero-order valence-corrected chi connectivity index (χ0v) is 12.3. The molecule has 0 unspecified atom stereocenters. The molecule has 0 bridgehead atoms. The lowest BCUT2D eigenvalue weighted by Gasteiger charge is -2.23. The Morgan fingerprint density at radius 2 is 1.78 bits per heavy atom. The van der Waals surface area contributed by atoms with E-state index in [1.165, 1.54) is 18.4 Å². The van der Waals surface area contributed by atoms with Crippen molar-refractivity contribution in [3.63, 3.8) is 0 Å². The molecule has 0 aliphatic carbocycles. The summed E-state index contributed by atoms with van der Waals surface area (Å²) >= 11 is 0. The topological polar surface area (TPSA) is 33.3 Å². The minimum absolute atomic E-state index is 0. The molecule has 1 fully saturated rings. The number of piperidine rings is 1. The van der Waals surface area contributed by atoms with Gasteiger partial charge in [-0.1, -0.05) is 12.1 Å². The fourth-order valence-electron chi connectivity index (χ4n) is 2.03. The highest BCUT2D eigenvalue weighted by Crippen LogP contribution is 2.11. The second kappa shape index (κ2) is 9.45. The fourth-order valence-corrected chi connectivity index (χ4v) is 2.03. The van der Waals surface area contributed by atoms with E-state index < -0.39 is 0 Å². The standard InChI is InChI=1S/C13H20N2O.2ClH/c1-16-13-4-2-11(3-5-13)10-15-12-6-8-14-9-7-12;;/h2-5,12,14-15H,6-10H2,1H3;2*1H. The second-order valence-electron chi connectivity index (χ2n) is 4.25. The first-order chi connectivity index (χ1) is 7.88. The normalized spacial score (nSPS) is 15.4. The van der Waals surface area contributed by atoms with Crippen LogP contribution < -0.4 is 15.4 Å². The summed E-state index contributed by atoms with van der Waals surface area (Å²) < 4.78 is 5.13. The lowest BCUT2D eigenvalue weighted by molar-refractivity contribution is 0.386. The van der Waals surface area contributed by atoms with Gasteiger partial charge in [-0.3, -0.25) is 0 Å². The first kappa shape index (κ1) is 17.5. The van der Waals surface area contributed by atoms with Gasteiger partial charge in [-0.15, -0.1) is 24.8 Å². The number of hydrogen-bond acceptors (Lipinski definition) is 3. The van der Waals surface area contributed by atoms with E-state index in [9.17, 15) is 0 Å². The maximum Gasteiger partial charge on any atom is 0.118 e. The number of rotatable bonds is 4. The molecule has 0 atom stereocenters. The maximum absolute atomic E-state index is 5.13. The zero-order chi connectivity index (χ0) is 11.2. The summed E-state index contributed by atoms with van der Waals surface area (Å²) in [5.41, 5.74) is 1.32. The van der Waals surface area contributed by atoms with Crippen molar-refractivity contribution < 1.29 is 4.74 Å². The average Bonchev–Trinajstić information content (AvgIpc) is 2.38. The highest BCUT2D eigenvalue weighted by atomic mass is 35.5. The summed E-state index contributed by atoms with van der Waals surface area (Å²) in [5, 5.41) is 6.97. The van der Waals surface area contributed by atoms with E-state index in [1.54, 1.807) is 7.11 Å². The van der Waals surface area contributed by atoms with E-state index in [0.717, 1.165) is 25.4 Å². The van der Waals surface area contributed by atoms with E-state index >= 15 is 0 Å². The summed E-state index contributed by atoms with van der Waals surface area (Å²) in [6.07, 6.45) is 2.46. The zero-order valence-electron chi connectivity index (χ0n) is 10.6. The number of halogens is 2. The first-order valence-electron chi connectivity index (χ1n) is 5.95. The van der Waals surface area contributed by atoms with E-state index in [2.05, 4.69) is 22.8 Å². The van der Waals surface area contributed by atoms with E-state index in [4.69, 9.17) is 4.74 Å². The molecule has 0 spiro atoms. The average molecular weight is 293 g/mol. The molecule has 1 aromatic carbocycles. The summed E-state index contributed by atoms with van der Waals surface area (Å²) in [6, 6.07) is 8.93. The van der Waals surface area contributed by atoms with Gasteiger partial charge in [0.05, 0.1) is 7.11 Å². The van der Waals surface area contributed by atoms with Gasteiger partial charge in [0.15, 0.2) is 0 Å². The van der Waals surface area contributed by atoms with Crippen LogP contribution in [0.15, 0.2) is 24.3 Å². The van der Waals surface area contributed by atoms with Crippen LogP contribution in [0.5, 0.6) is 5.75 Å². The lowest BCUT2D eigenvalue weighted by Crippen LogP contribution is -2.39. The van der Waals surface area contributed by atoms with Gasteiger partial charge in [-0.05, 0) is 43.6 Å². The molecule has 0 aromatic heterocycles. The SMILES string of the molecule is COc1ccc(CNC2CCNCC2)cc1.Cl.Cl. The van der Waals surface area contributed by atoms with Crippen LogP contribution in [0.4, 0.5) is 0 Å². The molecular weight excluding hydrogens is 271 g/mol. The summed E-state index contributed by atoms with van der Waals surface area (Å²) in [6.45, 7) is 3.23. The van der Waals surface area contributed by atoms with Crippen molar-refractivity contribution in [2.45, 2.75) is 25.4 Å². The van der Waals surface area contributed by atoms with Crippen LogP contribution in [-0.4, -0.2) is 26.2 Å². The third-order valence-corrected chi connectivity index (χ3v) is 3.09. The van der Waals surface area contributed by atoms with Gasteiger partial charge in [-0.2, -0.15) is 0 Å². The van der Waals surface area contributed by atoms with E-state index in [-0.39, 0.29) is 24.8 Å². The van der Waals surface area contributed by atoms with Crippen LogP contribution >= 0.6 is 24.8 Å². The van der Waals surface area contributed by atoms with Crippen molar-refractivity contribution in [3.8, 4) is 5.75 Å². The van der Waals surface area contributed by atoms with Crippen LogP contribution in [-0.2, 0) is 6.54 Å². The third-order valence-electron chi connectivity index (χ3n) is 3.09. The molecule has 0 saturated carbocycles. The van der Waals surface area contributed by atoms with Gasteiger partial charge in [0.2, 0.25) is 0 Å². The Morgan fingerprint density at radius 1 is 1.17 bits per heavy atom. The second-order valence-corrected chi connectivity index (χ2v) is 4.25. The predicted octanol–water partition coefficient (Wildman–Crippen LogP) is 2.38. The molecule has 0 radical (unpaired) electrons. The molecule has 1 heterocycles. The van der Waals surface area contributed by atoms with Crippen molar-refractivity contribution in [3.05, 3.63) is 29.8 Å². The number of hydrogen-bond donors (Lipinski definition) is 2. The van der Waals surface area contributed by atoms with Crippen LogP contribution in [0.2, 0.25) is 0 Å². The summed E-state index contributed by atoms with van der Waals surface area (Å²) in [4.78, 5) is 0. The van der Waals surface area contributed by atoms with Gasteiger partial charge in [-0.25, -0.2) is 0 Å². The highest BCUT2D eigenvalue weighted by Gasteiger charge is 2.11. The van der Waals surface area contributed by atoms with E-state index in [1.807, 2.05) is 12.1 Å². The molecule has 0 amide bonds. The Kier molecular flexibility index (Phi) is 9.20. The molecule has 1 aliphatic heterocycles. The molecule has 104 valence electrons. The molecule has 1 aromatic rings. The molecular formula is C13H22Cl2N2O. The quantitative estimate of drug-likeness (QED) is 0.894. The monoisotopic (exact) mass is 292 g/mol. The Balaban J connectivity index is 0.00000144. The Morgan fingerprint density at radius 3 is 2.33 bits per heavy atom. The molecule has 5 heteroatoms. The largest absolute Gasteiger partial charge is 0.497 e. The minimum Gasteiger partial charge on any atom is -0.497 e. The molecule has 18 heavy (non-hydrogen) atoms. The van der Waals surface area contributed by atoms with Gasteiger partial charge in [0, 0.05) is 12.6 Å². The molecule has 1 aliphatic rings. The lowest BCUT2D eigenvalue weighted by atomic mass is 10.1. The minimum atomic E-state index is 0. The third kappa shape index (κ3) is 5.44. The maximum atomic E-state index is 5.13.